The van der Waals surface area contributed by atoms with Crippen molar-refractivity contribution >= 4 is 0 Å². The molecule has 0 amide bonds. The molecule has 0 radical (unpaired) electrons. The molecular weight excluding hydrogens is 266 g/mol. The number of quaternary nitrogens is 1. The van der Waals surface area contributed by atoms with Gasteiger partial charge in [-0.2, -0.15) is 0 Å². The minimum atomic E-state index is -2.08. The third-order valence-corrected chi connectivity index (χ3v) is 3.99. The van der Waals surface area contributed by atoms with Crippen molar-refractivity contribution in [2.24, 2.45) is 0 Å². The summed E-state index contributed by atoms with van der Waals surface area (Å²) in [5, 5.41) is 0. The molecule has 0 fully saturated rings. The van der Waals surface area contributed by atoms with E-state index in [1.165, 1.54) is 44.9 Å². The highest BCUT2D eigenvalue weighted by Gasteiger charge is 2.14. The summed E-state index contributed by atoms with van der Waals surface area (Å²) in [6.07, 6.45) is 12.0. The van der Waals surface area contributed by atoms with Crippen molar-refractivity contribution in [3.05, 3.63) is 35.8 Å². The van der Waals surface area contributed by atoms with Crippen LogP contribution in [-0.4, -0.2) is 25.1 Å². The van der Waals surface area contributed by atoms with Crippen LogP contribution in [0.25, 0.3) is 0 Å². The normalized spacial score (nSPS) is 17.0. The van der Waals surface area contributed by atoms with Crippen LogP contribution in [0.5, 0.6) is 0 Å². The van der Waals surface area contributed by atoms with Crippen LogP contribution in [-0.2, 0) is 6.50 Å². The Morgan fingerprint density at radius 3 is 1.86 bits per heavy atom. The summed E-state index contributed by atoms with van der Waals surface area (Å²) < 4.78 is 56.7. The van der Waals surface area contributed by atoms with Crippen LogP contribution in [0.4, 0.5) is 0 Å². The average molecular weight is 312 g/mol. The van der Waals surface area contributed by atoms with Gasteiger partial charge >= 0.3 is 0 Å². The number of hydrogen-bond acceptors (Lipinski definition) is 0. The predicted molar refractivity (Wildman–Crippen MR) is 99.0 cm³/mol. The fourth-order valence-electron chi connectivity index (χ4n) is 2.66. The monoisotopic (exact) mass is 311 g/mol. The molecule has 0 unspecified atom stereocenters. The van der Waals surface area contributed by atoms with Gasteiger partial charge in [0.15, 0.2) is 0 Å². The Balaban J connectivity index is 2.64. The molecule has 0 bridgehead atoms. The lowest BCUT2D eigenvalue weighted by atomic mass is 10.1. The molecule has 1 nitrogen and oxygen atoms in total. The maximum Gasteiger partial charge on any atom is 0.104 e. The highest BCUT2D eigenvalue weighted by atomic mass is 15.3. The minimum Gasteiger partial charge on any atom is -0.325 e. The summed E-state index contributed by atoms with van der Waals surface area (Å²) in [7, 11) is 3.46. The fraction of sp³-hybridized carbons (Fsp3) is 0.714. The number of benzene rings is 1. The third-order valence-electron chi connectivity index (χ3n) is 3.99. The van der Waals surface area contributed by atoms with Gasteiger partial charge in [-0.05, 0) is 12.8 Å². The van der Waals surface area contributed by atoms with Gasteiger partial charge in [-0.15, -0.1) is 0 Å². The molecule has 0 aromatic heterocycles. The molecule has 0 aliphatic carbocycles. The van der Waals surface area contributed by atoms with E-state index >= 15 is 0 Å². The SMILES string of the molecule is [2H]c1c([2H])c([2H])c(C([2H])([2H])[N+](C)(C)CCCCCCCCCCCC)c([2H])c1[2H]. The largest absolute Gasteiger partial charge is 0.325 e. The average Bonchev–Trinajstić information content (AvgIpc) is 2.66. The lowest BCUT2D eigenvalue weighted by Crippen LogP contribution is -2.39. The highest BCUT2D eigenvalue weighted by molar-refractivity contribution is 5.13. The van der Waals surface area contributed by atoms with E-state index in [4.69, 9.17) is 9.60 Å². The molecule has 0 spiro atoms. The van der Waals surface area contributed by atoms with Crippen molar-refractivity contribution in [3.8, 4) is 0 Å². The van der Waals surface area contributed by atoms with Crippen LogP contribution < -0.4 is 0 Å². The molecule has 1 rings (SSSR count). The zero-order valence-electron chi connectivity index (χ0n) is 21.7. The molecule has 126 valence electrons. The second-order valence-corrected chi connectivity index (χ2v) is 6.70. The topological polar surface area (TPSA) is 0 Å². The van der Waals surface area contributed by atoms with Gasteiger partial charge in [-0.25, -0.2) is 0 Å². The van der Waals surface area contributed by atoms with E-state index in [9.17, 15) is 0 Å². The zero-order valence-corrected chi connectivity index (χ0v) is 14.7. The molecular formula is C21H38N+. The summed E-state index contributed by atoms with van der Waals surface area (Å²) in [5.41, 5.74) is -0.249. The lowest BCUT2D eigenvalue weighted by molar-refractivity contribution is -0.903. The molecule has 1 aromatic rings. The molecule has 0 saturated heterocycles. The first-order valence-corrected chi connectivity index (χ1v) is 8.89. The number of unbranched alkanes of at least 4 members (excludes halogenated alkanes) is 9. The zero-order chi connectivity index (χ0) is 22.2. The summed E-state index contributed by atoms with van der Waals surface area (Å²) in [6.45, 7) is 0.693. The molecule has 0 aliphatic rings. The van der Waals surface area contributed by atoms with Crippen LogP contribution in [0.3, 0.4) is 0 Å². The van der Waals surface area contributed by atoms with E-state index in [1.54, 1.807) is 14.1 Å². The van der Waals surface area contributed by atoms with Gasteiger partial charge in [-0.3, -0.25) is 0 Å². The lowest BCUT2D eigenvalue weighted by Gasteiger charge is -2.30. The van der Waals surface area contributed by atoms with E-state index in [0.717, 1.165) is 19.3 Å². The minimum absolute atomic E-state index is 0.0714. The summed E-state index contributed by atoms with van der Waals surface area (Å²) >= 11 is 0. The fourth-order valence-corrected chi connectivity index (χ4v) is 2.66. The number of hydrogen-bond donors (Lipinski definition) is 0. The van der Waals surface area contributed by atoms with E-state index in [2.05, 4.69) is 6.92 Å². The smallest absolute Gasteiger partial charge is 0.104 e. The Morgan fingerprint density at radius 2 is 1.32 bits per heavy atom. The molecule has 0 atom stereocenters. The van der Waals surface area contributed by atoms with E-state index < -0.39 is 36.7 Å². The summed E-state index contributed by atoms with van der Waals surface area (Å²) in [4.78, 5) is 0. The van der Waals surface area contributed by atoms with Crippen molar-refractivity contribution < 1.29 is 14.1 Å². The molecule has 1 heteroatoms. The first kappa shape index (κ1) is 10.9. The van der Waals surface area contributed by atoms with Gasteiger partial charge in [-0.1, -0.05) is 88.5 Å². The van der Waals surface area contributed by atoms with Crippen LogP contribution in [0, 0.1) is 0 Å². The van der Waals surface area contributed by atoms with Crippen molar-refractivity contribution in [1.82, 2.24) is 0 Å². The van der Waals surface area contributed by atoms with Gasteiger partial charge in [0.25, 0.3) is 0 Å². The third kappa shape index (κ3) is 10.00. The standard InChI is InChI=1S/C21H38N/c1-4-5-6-7-8-9-10-11-12-16-19-22(2,3)20-21-17-14-13-15-18-21/h13-15,17-18H,4-12,16,19-20H2,1-3H3/q+1/i13D,14D,15D,17D,18D,20D2. The van der Waals surface area contributed by atoms with Gasteiger partial charge in [0.2, 0.25) is 0 Å². The quantitative estimate of drug-likeness (QED) is 0.301. The first-order valence-electron chi connectivity index (χ1n) is 12.4. The summed E-state index contributed by atoms with van der Waals surface area (Å²) in [5.74, 6) is 0. The summed E-state index contributed by atoms with van der Waals surface area (Å²) in [6, 6.07) is -2.35. The number of rotatable bonds is 13. The van der Waals surface area contributed by atoms with Gasteiger partial charge < -0.3 is 4.48 Å². The van der Waals surface area contributed by atoms with Gasteiger partial charge in [0.1, 0.15) is 6.50 Å². The van der Waals surface area contributed by atoms with E-state index in [1.807, 2.05) is 0 Å². The van der Waals surface area contributed by atoms with Crippen LogP contribution in [0.15, 0.2) is 30.2 Å². The van der Waals surface area contributed by atoms with Gasteiger partial charge in [0, 0.05) is 5.56 Å². The van der Waals surface area contributed by atoms with Crippen LogP contribution >= 0.6 is 0 Å². The molecule has 0 aliphatic heterocycles. The highest BCUT2D eigenvalue weighted by Crippen LogP contribution is 2.13. The number of nitrogens with zero attached hydrogens (tertiary/aromatic N) is 1. The molecule has 1 aromatic carbocycles. The molecule has 0 N–H and O–H groups in total. The second-order valence-electron chi connectivity index (χ2n) is 6.70. The van der Waals surface area contributed by atoms with Crippen LogP contribution in [0.1, 0.15) is 86.3 Å². The Labute approximate surface area is 149 Å². The Morgan fingerprint density at radius 1 is 0.818 bits per heavy atom. The maximum atomic E-state index is 8.61. The van der Waals surface area contributed by atoms with Crippen molar-refractivity contribution in [3.63, 3.8) is 0 Å². The van der Waals surface area contributed by atoms with Gasteiger partial charge in [0.05, 0.1) is 30.2 Å². The van der Waals surface area contributed by atoms with Crippen LogP contribution in [0.2, 0.25) is 0 Å². The second kappa shape index (κ2) is 11.7. The Kier molecular flexibility index (Phi) is 5.78. The van der Waals surface area contributed by atoms with E-state index in [0.29, 0.717) is 6.54 Å². The molecule has 0 heterocycles. The Bertz CT molecular complexity index is 630. The molecule has 0 saturated carbocycles. The van der Waals surface area contributed by atoms with E-state index in [-0.39, 0.29) is 10.0 Å². The Hall–Kier alpha value is -0.820. The molecule has 22 heavy (non-hydrogen) atoms. The van der Waals surface area contributed by atoms with Crippen molar-refractivity contribution in [1.29, 1.82) is 0 Å². The maximum absolute atomic E-state index is 8.61. The van der Waals surface area contributed by atoms with Crippen molar-refractivity contribution in [2.45, 2.75) is 77.6 Å². The first-order chi connectivity index (χ1) is 13.5. The van der Waals surface area contributed by atoms with Crippen molar-refractivity contribution in [2.75, 3.05) is 20.6 Å². The predicted octanol–water partition coefficient (Wildman–Crippen LogP) is 6.18.